The summed E-state index contributed by atoms with van der Waals surface area (Å²) < 4.78 is 0. The molecule has 0 fully saturated rings. The molecule has 0 radical (unpaired) electrons. The number of aliphatic carboxylic acids is 1. The third kappa shape index (κ3) is 8.88. The summed E-state index contributed by atoms with van der Waals surface area (Å²) in [6.45, 7) is 3.62. The lowest BCUT2D eigenvalue weighted by molar-refractivity contribution is -0.141. The maximum atomic E-state index is 11.7. The number of nitrogens with one attached hydrogen (secondary N) is 1. The summed E-state index contributed by atoms with van der Waals surface area (Å²) in [5, 5.41) is 11.6. The van der Waals surface area contributed by atoms with Crippen LogP contribution < -0.4 is 11.1 Å². The number of thioether (sulfide) groups is 1. The Morgan fingerprint density at radius 3 is 2.42 bits per heavy atom. The highest BCUT2D eigenvalue weighted by Crippen LogP contribution is 2.09. The first-order valence-corrected chi connectivity index (χ1v) is 8.05. The Labute approximate surface area is 119 Å². The van der Waals surface area contributed by atoms with Gasteiger partial charge in [-0.05, 0) is 38.2 Å². The van der Waals surface area contributed by atoms with E-state index in [1.807, 2.05) is 13.2 Å². The van der Waals surface area contributed by atoms with E-state index in [2.05, 4.69) is 5.32 Å². The van der Waals surface area contributed by atoms with Crippen LogP contribution in [0.5, 0.6) is 0 Å². The molecule has 0 heterocycles. The Kier molecular flexibility index (Phi) is 9.69. The van der Waals surface area contributed by atoms with Crippen LogP contribution in [0.2, 0.25) is 0 Å². The summed E-state index contributed by atoms with van der Waals surface area (Å²) >= 11 is 1.67. The van der Waals surface area contributed by atoms with E-state index < -0.39 is 12.0 Å². The van der Waals surface area contributed by atoms with Crippen LogP contribution in [0.1, 0.15) is 39.5 Å². The molecule has 0 bridgehead atoms. The fourth-order valence-corrected chi connectivity index (χ4v) is 2.14. The van der Waals surface area contributed by atoms with Gasteiger partial charge in [-0.2, -0.15) is 11.8 Å². The molecule has 0 aliphatic rings. The van der Waals surface area contributed by atoms with E-state index in [0.717, 1.165) is 18.6 Å². The van der Waals surface area contributed by atoms with Crippen LogP contribution in [-0.4, -0.2) is 41.1 Å². The normalized spacial score (nSPS) is 15.6. The van der Waals surface area contributed by atoms with Crippen LogP contribution in [0, 0.1) is 5.92 Å². The SMILES string of the molecule is CSCC[C@@H](N)C(=O)NC(C)CCCC(C)C(=O)O. The van der Waals surface area contributed by atoms with Gasteiger partial charge in [0.25, 0.3) is 0 Å². The lowest BCUT2D eigenvalue weighted by atomic mass is 10.0. The van der Waals surface area contributed by atoms with Crippen molar-refractivity contribution < 1.29 is 14.7 Å². The molecule has 0 aromatic rings. The molecule has 3 atom stereocenters. The minimum absolute atomic E-state index is 0.0359. The first kappa shape index (κ1) is 18.2. The summed E-state index contributed by atoms with van der Waals surface area (Å²) in [6.07, 6.45) is 4.86. The van der Waals surface area contributed by atoms with Gasteiger partial charge in [0.05, 0.1) is 12.0 Å². The number of hydrogen-bond acceptors (Lipinski definition) is 4. The molecule has 4 N–H and O–H groups in total. The van der Waals surface area contributed by atoms with Crippen molar-refractivity contribution in [1.29, 1.82) is 0 Å². The average molecular weight is 290 g/mol. The second-order valence-corrected chi connectivity index (χ2v) is 5.95. The van der Waals surface area contributed by atoms with Gasteiger partial charge in [0.15, 0.2) is 0 Å². The van der Waals surface area contributed by atoms with Crippen LogP contribution in [0.3, 0.4) is 0 Å². The Hall–Kier alpha value is -0.750. The second kappa shape index (κ2) is 10.1. The van der Waals surface area contributed by atoms with Gasteiger partial charge in [0.2, 0.25) is 5.91 Å². The van der Waals surface area contributed by atoms with E-state index in [0.29, 0.717) is 12.8 Å². The van der Waals surface area contributed by atoms with Crippen molar-refractivity contribution in [3.63, 3.8) is 0 Å². The smallest absolute Gasteiger partial charge is 0.306 e. The third-order valence-electron chi connectivity index (χ3n) is 3.05. The zero-order chi connectivity index (χ0) is 14.8. The number of rotatable bonds is 10. The molecule has 1 amide bonds. The quantitative estimate of drug-likeness (QED) is 0.566. The van der Waals surface area contributed by atoms with Gasteiger partial charge in [-0.1, -0.05) is 13.3 Å². The zero-order valence-corrected chi connectivity index (χ0v) is 12.8. The van der Waals surface area contributed by atoms with Crippen LogP contribution in [0.25, 0.3) is 0 Å². The highest BCUT2D eigenvalue weighted by Gasteiger charge is 2.16. The van der Waals surface area contributed by atoms with Gasteiger partial charge in [-0.3, -0.25) is 9.59 Å². The summed E-state index contributed by atoms with van der Waals surface area (Å²) in [5.41, 5.74) is 5.77. The molecular weight excluding hydrogens is 264 g/mol. The van der Waals surface area contributed by atoms with Crippen molar-refractivity contribution in [2.45, 2.75) is 51.6 Å². The summed E-state index contributed by atoms with van der Waals surface area (Å²) in [7, 11) is 0. The van der Waals surface area contributed by atoms with Crippen molar-refractivity contribution in [1.82, 2.24) is 5.32 Å². The number of carboxylic acid groups (broad SMARTS) is 1. The summed E-state index contributed by atoms with van der Waals surface area (Å²) in [5.74, 6) is -0.339. The predicted octanol–water partition coefficient (Wildman–Crippen LogP) is 1.46. The molecule has 2 unspecified atom stereocenters. The van der Waals surface area contributed by atoms with E-state index in [9.17, 15) is 9.59 Å². The van der Waals surface area contributed by atoms with Gasteiger partial charge in [-0.25, -0.2) is 0 Å². The number of amides is 1. The van der Waals surface area contributed by atoms with E-state index in [-0.39, 0.29) is 17.9 Å². The molecule has 19 heavy (non-hydrogen) atoms. The summed E-state index contributed by atoms with van der Waals surface area (Å²) in [4.78, 5) is 22.4. The van der Waals surface area contributed by atoms with E-state index in [1.165, 1.54) is 0 Å². The van der Waals surface area contributed by atoms with E-state index in [1.54, 1.807) is 18.7 Å². The van der Waals surface area contributed by atoms with Crippen molar-refractivity contribution in [2.24, 2.45) is 11.7 Å². The largest absolute Gasteiger partial charge is 0.481 e. The maximum absolute atomic E-state index is 11.7. The minimum Gasteiger partial charge on any atom is -0.481 e. The van der Waals surface area contributed by atoms with Crippen LogP contribution in [0.15, 0.2) is 0 Å². The van der Waals surface area contributed by atoms with Gasteiger partial charge in [0.1, 0.15) is 0 Å². The first-order valence-electron chi connectivity index (χ1n) is 6.66. The number of nitrogens with two attached hydrogens (primary N) is 1. The van der Waals surface area contributed by atoms with E-state index in [4.69, 9.17) is 10.8 Å². The van der Waals surface area contributed by atoms with Gasteiger partial charge in [-0.15, -0.1) is 0 Å². The molecular formula is C13H26N2O3S. The average Bonchev–Trinajstić information content (AvgIpc) is 2.35. The Bertz CT molecular complexity index is 287. The molecule has 5 nitrogen and oxygen atoms in total. The van der Waals surface area contributed by atoms with Crippen LogP contribution in [0.4, 0.5) is 0 Å². The van der Waals surface area contributed by atoms with Crippen molar-refractivity contribution in [3.8, 4) is 0 Å². The monoisotopic (exact) mass is 290 g/mol. The molecule has 6 heteroatoms. The lowest BCUT2D eigenvalue weighted by Crippen LogP contribution is -2.44. The molecule has 112 valence electrons. The predicted molar refractivity (Wildman–Crippen MR) is 79.2 cm³/mol. The van der Waals surface area contributed by atoms with Crippen molar-refractivity contribution in [2.75, 3.05) is 12.0 Å². The molecule has 0 aromatic heterocycles. The molecule has 0 spiro atoms. The zero-order valence-electron chi connectivity index (χ0n) is 12.0. The van der Waals surface area contributed by atoms with Gasteiger partial charge < -0.3 is 16.2 Å². The number of carbonyl (C=O) groups excluding carboxylic acids is 1. The Morgan fingerprint density at radius 1 is 1.26 bits per heavy atom. The van der Waals surface area contributed by atoms with E-state index >= 15 is 0 Å². The Morgan fingerprint density at radius 2 is 1.89 bits per heavy atom. The number of carboxylic acids is 1. The second-order valence-electron chi connectivity index (χ2n) is 4.97. The molecule has 0 saturated carbocycles. The molecule has 0 aliphatic carbocycles. The lowest BCUT2D eigenvalue weighted by Gasteiger charge is -2.17. The molecule has 0 saturated heterocycles. The Balaban J connectivity index is 3.81. The highest BCUT2D eigenvalue weighted by atomic mass is 32.2. The number of hydrogen-bond donors (Lipinski definition) is 3. The number of carbonyl (C=O) groups is 2. The minimum atomic E-state index is -0.768. The van der Waals surface area contributed by atoms with Crippen molar-refractivity contribution in [3.05, 3.63) is 0 Å². The fourth-order valence-electron chi connectivity index (χ4n) is 1.65. The topological polar surface area (TPSA) is 92.4 Å². The van der Waals surface area contributed by atoms with Crippen molar-refractivity contribution >= 4 is 23.6 Å². The van der Waals surface area contributed by atoms with Crippen LogP contribution >= 0.6 is 11.8 Å². The third-order valence-corrected chi connectivity index (χ3v) is 3.70. The molecule has 0 aromatic carbocycles. The highest BCUT2D eigenvalue weighted by molar-refractivity contribution is 7.98. The summed E-state index contributed by atoms with van der Waals surface area (Å²) in [6, 6.07) is -0.415. The van der Waals surface area contributed by atoms with Gasteiger partial charge >= 0.3 is 5.97 Å². The molecule has 0 aliphatic heterocycles. The maximum Gasteiger partial charge on any atom is 0.306 e. The fraction of sp³-hybridized carbons (Fsp3) is 0.846. The molecule has 0 rings (SSSR count). The van der Waals surface area contributed by atoms with Crippen LogP contribution in [-0.2, 0) is 9.59 Å². The standard InChI is InChI=1S/C13H26N2O3S/c1-9(13(17)18)5-4-6-10(2)15-12(16)11(14)7-8-19-3/h9-11H,4-8,14H2,1-3H3,(H,15,16)(H,17,18)/t9?,10?,11-/m1/s1. The first-order chi connectivity index (χ1) is 8.88. The van der Waals surface area contributed by atoms with Gasteiger partial charge in [0, 0.05) is 6.04 Å².